The second kappa shape index (κ2) is 3.35. The van der Waals surface area contributed by atoms with Crippen LogP contribution in [0.5, 0.6) is 0 Å². The number of nitrogens with one attached hydrogen (secondary N) is 1. The minimum absolute atomic E-state index is 0.150. The third kappa shape index (κ3) is 2.27. The zero-order chi connectivity index (χ0) is 7.56. The second-order valence-corrected chi connectivity index (χ2v) is 3.53. The van der Waals surface area contributed by atoms with E-state index in [0.717, 1.165) is 18.9 Å². The highest BCUT2D eigenvalue weighted by Gasteiger charge is 2.21. The molecule has 0 aromatic rings. The van der Waals surface area contributed by atoms with Gasteiger partial charge >= 0.3 is 0 Å². The Labute approximate surface area is 62.6 Å². The maximum absolute atomic E-state index is 9.06. The van der Waals surface area contributed by atoms with Crippen LogP contribution in [-0.2, 0) is 0 Å². The van der Waals surface area contributed by atoms with Crippen LogP contribution in [-0.4, -0.2) is 23.8 Å². The number of hydrogen-bond acceptors (Lipinski definition) is 2. The topological polar surface area (TPSA) is 32.3 Å². The molecule has 1 saturated heterocycles. The van der Waals surface area contributed by atoms with Gasteiger partial charge in [-0.2, -0.15) is 0 Å². The van der Waals surface area contributed by atoms with E-state index in [-0.39, 0.29) is 6.10 Å². The first-order chi connectivity index (χ1) is 4.68. The van der Waals surface area contributed by atoms with Gasteiger partial charge in [-0.3, -0.25) is 0 Å². The molecule has 1 fully saturated rings. The van der Waals surface area contributed by atoms with Crippen molar-refractivity contribution < 1.29 is 5.11 Å². The molecule has 1 aliphatic rings. The van der Waals surface area contributed by atoms with Crippen LogP contribution in [0, 0.1) is 5.92 Å². The minimum Gasteiger partial charge on any atom is -0.393 e. The quantitative estimate of drug-likeness (QED) is 0.598. The Morgan fingerprint density at radius 1 is 1.70 bits per heavy atom. The summed E-state index contributed by atoms with van der Waals surface area (Å²) in [5.74, 6) is 0.795. The zero-order valence-corrected chi connectivity index (χ0v) is 6.80. The van der Waals surface area contributed by atoms with Gasteiger partial charge in [-0.25, -0.2) is 0 Å². The van der Waals surface area contributed by atoms with Gasteiger partial charge < -0.3 is 10.4 Å². The summed E-state index contributed by atoms with van der Waals surface area (Å²) in [5.41, 5.74) is 0. The molecular formula is C8H17NO. The summed E-state index contributed by atoms with van der Waals surface area (Å²) < 4.78 is 0. The first-order valence-electron chi connectivity index (χ1n) is 4.10. The highest BCUT2D eigenvalue weighted by Crippen LogP contribution is 2.16. The first-order valence-corrected chi connectivity index (χ1v) is 4.10. The van der Waals surface area contributed by atoms with Crippen molar-refractivity contribution in [3.63, 3.8) is 0 Å². The average Bonchev–Trinajstić information content (AvgIpc) is 2.13. The Bertz CT molecular complexity index is 103. The summed E-state index contributed by atoms with van der Waals surface area (Å²) in [6.07, 6.45) is 1.98. The molecule has 0 aromatic heterocycles. The molecule has 0 radical (unpaired) electrons. The van der Waals surface area contributed by atoms with Crippen molar-refractivity contribution in [1.82, 2.24) is 5.32 Å². The lowest BCUT2D eigenvalue weighted by Gasteiger charge is -2.11. The maximum Gasteiger partial charge on any atom is 0.0526 e. The molecule has 3 atom stereocenters. The number of hydrogen-bond donors (Lipinski definition) is 2. The van der Waals surface area contributed by atoms with Gasteiger partial charge in [-0.1, -0.05) is 6.92 Å². The summed E-state index contributed by atoms with van der Waals surface area (Å²) in [7, 11) is 0. The monoisotopic (exact) mass is 143 g/mol. The van der Waals surface area contributed by atoms with E-state index >= 15 is 0 Å². The molecule has 2 N–H and O–H groups in total. The molecule has 3 unspecified atom stereocenters. The van der Waals surface area contributed by atoms with Crippen molar-refractivity contribution in [2.24, 2.45) is 5.92 Å². The van der Waals surface area contributed by atoms with E-state index in [1.807, 2.05) is 6.92 Å². The van der Waals surface area contributed by atoms with E-state index in [2.05, 4.69) is 12.2 Å². The van der Waals surface area contributed by atoms with Crippen LogP contribution in [0.15, 0.2) is 0 Å². The van der Waals surface area contributed by atoms with Gasteiger partial charge in [0.05, 0.1) is 6.10 Å². The van der Waals surface area contributed by atoms with Crippen molar-refractivity contribution in [2.45, 2.75) is 38.8 Å². The van der Waals surface area contributed by atoms with Crippen LogP contribution in [0.4, 0.5) is 0 Å². The van der Waals surface area contributed by atoms with E-state index < -0.39 is 0 Å². The summed E-state index contributed by atoms with van der Waals surface area (Å²) in [6, 6.07) is 0.565. The summed E-state index contributed by atoms with van der Waals surface area (Å²) in [4.78, 5) is 0. The smallest absolute Gasteiger partial charge is 0.0526 e. The Balaban J connectivity index is 2.18. The average molecular weight is 143 g/mol. The number of aliphatic hydroxyl groups is 1. The van der Waals surface area contributed by atoms with Crippen LogP contribution in [0.3, 0.4) is 0 Å². The van der Waals surface area contributed by atoms with Gasteiger partial charge in [0.15, 0.2) is 0 Å². The Kier molecular flexibility index (Phi) is 2.69. The largest absolute Gasteiger partial charge is 0.393 e. The van der Waals surface area contributed by atoms with Gasteiger partial charge in [0.1, 0.15) is 0 Å². The number of rotatable bonds is 2. The maximum atomic E-state index is 9.06. The fourth-order valence-electron chi connectivity index (χ4n) is 1.61. The highest BCUT2D eigenvalue weighted by atomic mass is 16.3. The zero-order valence-electron chi connectivity index (χ0n) is 6.80. The van der Waals surface area contributed by atoms with Crippen molar-refractivity contribution in [1.29, 1.82) is 0 Å². The fourth-order valence-corrected chi connectivity index (χ4v) is 1.61. The molecule has 2 nitrogen and oxygen atoms in total. The van der Waals surface area contributed by atoms with E-state index in [9.17, 15) is 0 Å². The van der Waals surface area contributed by atoms with Crippen LogP contribution >= 0.6 is 0 Å². The fraction of sp³-hybridized carbons (Fsp3) is 1.00. The van der Waals surface area contributed by atoms with Gasteiger partial charge in [-0.15, -0.1) is 0 Å². The van der Waals surface area contributed by atoms with Gasteiger partial charge in [0.2, 0.25) is 0 Å². The lowest BCUT2D eigenvalue weighted by molar-refractivity contribution is 0.171. The first kappa shape index (κ1) is 8.02. The standard InChI is InChI=1S/C8H17NO/c1-6-3-8(9-5-6)4-7(2)10/h6-10H,3-5H2,1-2H3. The van der Waals surface area contributed by atoms with Gasteiger partial charge in [0.25, 0.3) is 0 Å². The third-order valence-electron chi connectivity index (χ3n) is 2.07. The van der Waals surface area contributed by atoms with E-state index in [1.54, 1.807) is 0 Å². The van der Waals surface area contributed by atoms with Crippen LogP contribution in [0.25, 0.3) is 0 Å². The Hall–Kier alpha value is -0.0800. The molecule has 60 valence electrons. The summed E-state index contributed by atoms with van der Waals surface area (Å²) in [5, 5.41) is 12.4. The van der Waals surface area contributed by atoms with Crippen molar-refractivity contribution in [3.05, 3.63) is 0 Å². The molecule has 10 heavy (non-hydrogen) atoms. The lowest BCUT2D eigenvalue weighted by atomic mass is 10.0. The molecule has 0 saturated carbocycles. The van der Waals surface area contributed by atoms with Crippen molar-refractivity contribution in [2.75, 3.05) is 6.54 Å². The van der Waals surface area contributed by atoms with Crippen molar-refractivity contribution in [3.8, 4) is 0 Å². The van der Waals surface area contributed by atoms with Crippen molar-refractivity contribution >= 4 is 0 Å². The van der Waals surface area contributed by atoms with Crippen LogP contribution < -0.4 is 5.32 Å². The molecule has 0 bridgehead atoms. The molecular weight excluding hydrogens is 126 g/mol. The van der Waals surface area contributed by atoms with Gasteiger partial charge in [0, 0.05) is 6.04 Å². The predicted octanol–water partition coefficient (Wildman–Crippen LogP) is 0.755. The molecule has 0 aliphatic carbocycles. The van der Waals surface area contributed by atoms with E-state index in [4.69, 9.17) is 5.11 Å². The van der Waals surface area contributed by atoms with Crippen LogP contribution in [0.1, 0.15) is 26.7 Å². The second-order valence-electron chi connectivity index (χ2n) is 3.53. The summed E-state index contributed by atoms with van der Waals surface area (Å²) in [6.45, 7) is 5.22. The Morgan fingerprint density at radius 3 is 2.80 bits per heavy atom. The van der Waals surface area contributed by atoms with Gasteiger partial charge in [-0.05, 0) is 32.2 Å². The molecule has 1 aliphatic heterocycles. The molecule has 2 heteroatoms. The molecule has 1 rings (SSSR count). The number of aliphatic hydroxyl groups excluding tert-OH is 1. The van der Waals surface area contributed by atoms with Crippen LogP contribution in [0.2, 0.25) is 0 Å². The third-order valence-corrected chi connectivity index (χ3v) is 2.07. The SMILES string of the molecule is CC(O)CC1CC(C)CN1. The lowest BCUT2D eigenvalue weighted by Crippen LogP contribution is -2.25. The molecule has 0 amide bonds. The minimum atomic E-state index is -0.150. The molecule has 0 spiro atoms. The molecule has 0 aromatic carbocycles. The summed E-state index contributed by atoms with van der Waals surface area (Å²) >= 11 is 0. The normalized spacial score (nSPS) is 36.3. The highest BCUT2D eigenvalue weighted by molar-refractivity contribution is 4.79. The predicted molar refractivity (Wildman–Crippen MR) is 41.9 cm³/mol. The molecule has 1 heterocycles. The van der Waals surface area contributed by atoms with E-state index in [1.165, 1.54) is 6.42 Å². The van der Waals surface area contributed by atoms with E-state index in [0.29, 0.717) is 6.04 Å². The Morgan fingerprint density at radius 2 is 2.40 bits per heavy atom.